The van der Waals surface area contributed by atoms with E-state index in [1.165, 1.54) is 0 Å². The van der Waals surface area contributed by atoms with Crippen LogP contribution in [0, 0.1) is 0 Å². The highest BCUT2D eigenvalue weighted by Gasteiger charge is 2.46. The van der Waals surface area contributed by atoms with E-state index in [1.807, 2.05) is 25.1 Å². The van der Waals surface area contributed by atoms with Crippen molar-refractivity contribution in [2.75, 3.05) is 5.32 Å². The largest absolute Gasteiger partial charge is 0.375 e. The fourth-order valence-electron chi connectivity index (χ4n) is 3.11. The van der Waals surface area contributed by atoms with Crippen molar-refractivity contribution in [2.45, 2.75) is 18.9 Å². The zero-order chi connectivity index (χ0) is 18.9. The Balaban J connectivity index is 2.00. The van der Waals surface area contributed by atoms with Crippen LogP contribution in [0.3, 0.4) is 0 Å². The Hall–Kier alpha value is -2.50. The maximum Gasteiger partial charge on any atom is 0.261 e. The summed E-state index contributed by atoms with van der Waals surface area (Å²) in [5.74, 6) is -0.896. The fraction of sp³-hybridized carbons (Fsp3) is 0.143. The molecule has 1 heterocycles. The quantitative estimate of drug-likeness (QED) is 0.759. The second kappa shape index (κ2) is 7.02. The van der Waals surface area contributed by atoms with Crippen LogP contribution in [0.2, 0.25) is 0 Å². The fourth-order valence-corrected chi connectivity index (χ4v) is 3.47. The molecule has 26 heavy (non-hydrogen) atoms. The SMILES string of the molecule is C=CC=c1cc(C(=O)CC2(O)C(=O)Nc3ccc(Br)cc32)ccc1=CC. The van der Waals surface area contributed by atoms with Crippen LogP contribution >= 0.6 is 15.9 Å². The average molecular weight is 412 g/mol. The number of rotatable bonds is 4. The van der Waals surface area contributed by atoms with Crippen LogP contribution < -0.4 is 15.8 Å². The van der Waals surface area contributed by atoms with Crippen LogP contribution in [0.5, 0.6) is 0 Å². The number of benzene rings is 2. The second-order valence-corrected chi connectivity index (χ2v) is 7.05. The maximum atomic E-state index is 12.8. The number of aliphatic hydroxyl groups is 1. The van der Waals surface area contributed by atoms with E-state index in [9.17, 15) is 14.7 Å². The molecule has 0 aromatic heterocycles. The lowest BCUT2D eigenvalue weighted by molar-refractivity contribution is -0.133. The first-order chi connectivity index (χ1) is 12.4. The molecule has 132 valence electrons. The van der Waals surface area contributed by atoms with Crippen molar-refractivity contribution in [3.63, 3.8) is 0 Å². The molecule has 2 N–H and O–H groups in total. The number of carbonyl (C=O) groups excluding carboxylic acids is 2. The van der Waals surface area contributed by atoms with Crippen molar-refractivity contribution in [1.82, 2.24) is 0 Å². The van der Waals surface area contributed by atoms with Crippen molar-refractivity contribution in [2.24, 2.45) is 0 Å². The number of amides is 1. The van der Waals surface area contributed by atoms with Gasteiger partial charge in [-0.1, -0.05) is 52.9 Å². The number of anilines is 1. The van der Waals surface area contributed by atoms with E-state index in [4.69, 9.17) is 0 Å². The average Bonchev–Trinajstić information content (AvgIpc) is 2.86. The molecule has 0 bridgehead atoms. The van der Waals surface area contributed by atoms with Crippen LogP contribution in [-0.4, -0.2) is 16.8 Å². The Morgan fingerprint density at radius 1 is 1.27 bits per heavy atom. The van der Waals surface area contributed by atoms with Gasteiger partial charge >= 0.3 is 0 Å². The van der Waals surface area contributed by atoms with Gasteiger partial charge in [-0.25, -0.2) is 0 Å². The van der Waals surface area contributed by atoms with E-state index >= 15 is 0 Å². The predicted octanol–water partition coefficient (Wildman–Crippen LogP) is 2.63. The van der Waals surface area contributed by atoms with Crippen molar-refractivity contribution in [1.29, 1.82) is 0 Å². The molecule has 0 radical (unpaired) electrons. The third-order valence-electron chi connectivity index (χ3n) is 4.48. The summed E-state index contributed by atoms with van der Waals surface area (Å²) in [6, 6.07) is 10.4. The summed E-state index contributed by atoms with van der Waals surface area (Å²) in [6.07, 6.45) is 5.08. The van der Waals surface area contributed by atoms with Crippen molar-refractivity contribution < 1.29 is 14.7 Å². The van der Waals surface area contributed by atoms with E-state index < -0.39 is 11.5 Å². The Kier molecular flexibility index (Phi) is 4.94. The Morgan fingerprint density at radius 2 is 2.04 bits per heavy atom. The van der Waals surface area contributed by atoms with Gasteiger partial charge in [0.1, 0.15) is 0 Å². The number of fused-ring (bicyclic) bond motifs is 1. The molecule has 4 nitrogen and oxygen atoms in total. The van der Waals surface area contributed by atoms with Crippen molar-refractivity contribution in [3.8, 4) is 0 Å². The van der Waals surface area contributed by atoms with E-state index in [0.717, 1.165) is 14.9 Å². The molecule has 0 aliphatic carbocycles. The summed E-state index contributed by atoms with van der Waals surface area (Å²) in [6.45, 7) is 5.61. The summed E-state index contributed by atoms with van der Waals surface area (Å²) in [4.78, 5) is 25.1. The number of nitrogens with one attached hydrogen (secondary N) is 1. The first-order valence-corrected chi connectivity index (χ1v) is 8.94. The first-order valence-electron chi connectivity index (χ1n) is 8.15. The van der Waals surface area contributed by atoms with Crippen molar-refractivity contribution in [3.05, 3.63) is 75.1 Å². The minimum Gasteiger partial charge on any atom is -0.375 e. The number of halogens is 1. The van der Waals surface area contributed by atoms with Gasteiger partial charge in [0, 0.05) is 21.3 Å². The molecule has 5 heteroatoms. The van der Waals surface area contributed by atoms with Crippen LogP contribution in [0.15, 0.2) is 53.5 Å². The van der Waals surface area contributed by atoms with E-state index in [-0.39, 0.29) is 12.2 Å². The lowest BCUT2D eigenvalue weighted by atomic mass is 9.88. The van der Waals surface area contributed by atoms with Gasteiger partial charge in [-0.05, 0) is 41.6 Å². The topological polar surface area (TPSA) is 66.4 Å². The zero-order valence-corrected chi connectivity index (χ0v) is 15.8. The third kappa shape index (κ3) is 3.16. The molecule has 1 amide bonds. The highest BCUT2D eigenvalue weighted by atomic mass is 79.9. The maximum absolute atomic E-state index is 12.8. The molecule has 1 unspecified atom stereocenters. The van der Waals surface area contributed by atoms with Crippen LogP contribution in [0.4, 0.5) is 5.69 Å². The molecule has 2 aromatic rings. The van der Waals surface area contributed by atoms with Gasteiger partial charge in [0.05, 0.1) is 6.42 Å². The van der Waals surface area contributed by atoms with Crippen LogP contribution in [-0.2, 0) is 10.4 Å². The lowest BCUT2D eigenvalue weighted by Crippen LogP contribution is -2.37. The van der Waals surface area contributed by atoms with Gasteiger partial charge in [-0.15, -0.1) is 0 Å². The molecule has 1 aliphatic heterocycles. The monoisotopic (exact) mass is 411 g/mol. The highest BCUT2D eigenvalue weighted by molar-refractivity contribution is 9.10. The molecule has 0 fully saturated rings. The van der Waals surface area contributed by atoms with E-state index in [2.05, 4.69) is 27.8 Å². The number of Topliss-reactive ketones (excluding diaryl/α,β-unsaturated/α-hetero) is 1. The number of hydrogen-bond acceptors (Lipinski definition) is 3. The second-order valence-electron chi connectivity index (χ2n) is 6.14. The predicted molar refractivity (Wildman–Crippen MR) is 106 cm³/mol. The summed E-state index contributed by atoms with van der Waals surface area (Å²) in [7, 11) is 0. The molecule has 3 rings (SSSR count). The van der Waals surface area contributed by atoms with Crippen LogP contribution in [0.25, 0.3) is 12.2 Å². The summed E-state index contributed by atoms with van der Waals surface area (Å²) >= 11 is 3.34. The minimum absolute atomic E-state index is 0.308. The number of ketones is 1. The number of allylic oxidation sites excluding steroid dienone is 1. The Morgan fingerprint density at radius 3 is 2.73 bits per heavy atom. The normalized spacial score (nSPS) is 20.0. The van der Waals surface area contributed by atoms with Gasteiger partial charge in [0.25, 0.3) is 5.91 Å². The van der Waals surface area contributed by atoms with E-state index in [0.29, 0.717) is 16.8 Å². The molecule has 0 saturated carbocycles. The zero-order valence-electron chi connectivity index (χ0n) is 14.3. The molecule has 2 aromatic carbocycles. The summed E-state index contributed by atoms with van der Waals surface area (Å²) in [5, 5.41) is 15.4. The van der Waals surface area contributed by atoms with Gasteiger partial charge in [-0.2, -0.15) is 0 Å². The first kappa shape index (κ1) is 18.3. The third-order valence-corrected chi connectivity index (χ3v) is 4.98. The molecule has 1 aliphatic rings. The Bertz CT molecular complexity index is 1040. The Labute approximate surface area is 159 Å². The summed E-state index contributed by atoms with van der Waals surface area (Å²) in [5.41, 5.74) is -0.520. The van der Waals surface area contributed by atoms with Gasteiger partial charge in [0.2, 0.25) is 0 Å². The van der Waals surface area contributed by atoms with Gasteiger partial charge < -0.3 is 10.4 Å². The number of hydrogen-bond donors (Lipinski definition) is 2. The number of carbonyl (C=O) groups is 2. The molecule has 1 atom stereocenters. The van der Waals surface area contributed by atoms with Crippen molar-refractivity contribution >= 4 is 45.5 Å². The molecule has 0 saturated heterocycles. The molecule has 0 spiro atoms. The molecular weight excluding hydrogens is 394 g/mol. The smallest absolute Gasteiger partial charge is 0.261 e. The standard InChI is InChI=1S/C21H18BrNO3/c1-3-5-14-10-15(7-6-13(14)4-2)19(24)12-21(26)17-11-16(22)8-9-18(17)23-20(21)25/h3-11,26H,1,12H2,2H3,(H,23,25). The van der Waals surface area contributed by atoms with E-state index in [1.54, 1.807) is 36.4 Å². The lowest BCUT2D eigenvalue weighted by Gasteiger charge is -2.20. The highest BCUT2D eigenvalue weighted by Crippen LogP contribution is 2.40. The van der Waals surface area contributed by atoms with Crippen LogP contribution in [0.1, 0.15) is 29.3 Å². The summed E-state index contributed by atoms with van der Waals surface area (Å²) < 4.78 is 0.726. The van der Waals surface area contributed by atoms with Gasteiger partial charge in [-0.3, -0.25) is 9.59 Å². The minimum atomic E-state index is -1.88. The molecular formula is C21H18BrNO3. The van der Waals surface area contributed by atoms with Gasteiger partial charge in [0.15, 0.2) is 11.4 Å².